The summed E-state index contributed by atoms with van der Waals surface area (Å²) >= 11 is 0. The predicted molar refractivity (Wildman–Crippen MR) is 69.9 cm³/mol. The Hall–Kier alpha value is -2.76. The summed E-state index contributed by atoms with van der Waals surface area (Å²) < 4.78 is 5.23. The molecule has 0 bridgehead atoms. The van der Waals surface area contributed by atoms with Gasteiger partial charge in [-0.15, -0.1) is 0 Å². The molecule has 3 aromatic rings. The summed E-state index contributed by atoms with van der Waals surface area (Å²) in [7, 11) is 0. The SMILES string of the molecule is Cc1cccnc1-c1noc(-c2ccnc(N)c2)n1. The summed E-state index contributed by atoms with van der Waals surface area (Å²) in [6.07, 6.45) is 3.29. The molecular weight excluding hydrogens is 242 g/mol. The van der Waals surface area contributed by atoms with Crippen molar-refractivity contribution in [3.8, 4) is 23.0 Å². The number of hydrogen-bond acceptors (Lipinski definition) is 6. The van der Waals surface area contributed by atoms with Crippen molar-refractivity contribution in [2.45, 2.75) is 6.92 Å². The molecule has 0 aromatic carbocycles. The van der Waals surface area contributed by atoms with Crippen molar-refractivity contribution in [3.63, 3.8) is 0 Å². The van der Waals surface area contributed by atoms with Crippen LogP contribution in [0.15, 0.2) is 41.2 Å². The molecule has 3 heterocycles. The van der Waals surface area contributed by atoms with Gasteiger partial charge in [-0.05, 0) is 30.7 Å². The Bertz CT molecular complexity index is 722. The number of anilines is 1. The van der Waals surface area contributed by atoms with Gasteiger partial charge in [0.05, 0.1) is 0 Å². The van der Waals surface area contributed by atoms with E-state index in [1.165, 1.54) is 0 Å². The molecular formula is C13H11N5O. The summed E-state index contributed by atoms with van der Waals surface area (Å²) in [4.78, 5) is 12.5. The predicted octanol–water partition coefficient (Wildman–Crippen LogP) is 2.08. The second kappa shape index (κ2) is 4.49. The van der Waals surface area contributed by atoms with Crippen molar-refractivity contribution in [1.29, 1.82) is 0 Å². The largest absolute Gasteiger partial charge is 0.384 e. The van der Waals surface area contributed by atoms with E-state index in [9.17, 15) is 0 Å². The molecule has 6 nitrogen and oxygen atoms in total. The first-order chi connectivity index (χ1) is 9.24. The van der Waals surface area contributed by atoms with Crippen molar-refractivity contribution in [2.24, 2.45) is 0 Å². The lowest BCUT2D eigenvalue weighted by molar-refractivity contribution is 0.432. The van der Waals surface area contributed by atoms with Crippen LogP contribution in [0.5, 0.6) is 0 Å². The number of nitrogens with zero attached hydrogens (tertiary/aromatic N) is 4. The first-order valence-electron chi connectivity index (χ1n) is 5.71. The number of pyridine rings is 2. The van der Waals surface area contributed by atoms with Gasteiger partial charge in [0.1, 0.15) is 11.5 Å². The highest BCUT2D eigenvalue weighted by molar-refractivity contribution is 5.60. The monoisotopic (exact) mass is 253 g/mol. The molecule has 0 aliphatic carbocycles. The van der Waals surface area contributed by atoms with Crippen LogP contribution in [-0.2, 0) is 0 Å². The Morgan fingerprint density at radius 1 is 1.16 bits per heavy atom. The normalized spacial score (nSPS) is 10.6. The third kappa shape index (κ3) is 2.15. The molecule has 0 atom stereocenters. The average molecular weight is 253 g/mol. The minimum absolute atomic E-state index is 0.397. The Labute approximate surface area is 109 Å². The highest BCUT2D eigenvalue weighted by Gasteiger charge is 2.13. The molecule has 0 spiro atoms. The van der Waals surface area contributed by atoms with E-state index in [2.05, 4.69) is 20.1 Å². The zero-order valence-electron chi connectivity index (χ0n) is 10.2. The average Bonchev–Trinajstić information content (AvgIpc) is 2.89. The van der Waals surface area contributed by atoms with Gasteiger partial charge in [0, 0.05) is 18.0 Å². The highest BCUT2D eigenvalue weighted by atomic mass is 16.5. The van der Waals surface area contributed by atoms with Gasteiger partial charge in [-0.2, -0.15) is 4.98 Å². The maximum atomic E-state index is 5.62. The third-order valence-electron chi connectivity index (χ3n) is 2.68. The van der Waals surface area contributed by atoms with Crippen molar-refractivity contribution in [1.82, 2.24) is 20.1 Å². The fourth-order valence-electron chi connectivity index (χ4n) is 1.74. The minimum Gasteiger partial charge on any atom is -0.384 e. The molecule has 2 N–H and O–H groups in total. The van der Waals surface area contributed by atoms with Crippen molar-refractivity contribution in [2.75, 3.05) is 5.73 Å². The van der Waals surface area contributed by atoms with Crippen LogP contribution in [0.3, 0.4) is 0 Å². The van der Waals surface area contributed by atoms with Gasteiger partial charge in [0.15, 0.2) is 0 Å². The van der Waals surface area contributed by atoms with E-state index in [1.807, 2.05) is 19.1 Å². The Balaban J connectivity index is 2.03. The second-order valence-electron chi connectivity index (χ2n) is 4.06. The van der Waals surface area contributed by atoms with Gasteiger partial charge in [-0.3, -0.25) is 4.98 Å². The highest BCUT2D eigenvalue weighted by Crippen LogP contribution is 2.23. The van der Waals surface area contributed by atoms with Gasteiger partial charge >= 0.3 is 0 Å². The van der Waals surface area contributed by atoms with Crippen LogP contribution in [0, 0.1) is 6.92 Å². The molecule has 0 amide bonds. The molecule has 0 fully saturated rings. The molecule has 0 radical (unpaired) electrons. The lowest BCUT2D eigenvalue weighted by Crippen LogP contribution is -1.90. The lowest BCUT2D eigenvalue weighted by atomic mass is 10.2. The van der Waals surface area contributed by atoms with Gasteiger partial charge < -0.3 is 10.3 Å². The van der Waals surface area contributed by atoms with Gasteiger partial charge in [-0.25, -0.2) is 4.98 Å². The number of hydrogen-bond donors (Lipinski definition) is 1. The number of rotatable bonds is 2. The van der Waals surface area contributed by atoms with E-state index in [-0.39, 0.29) is 0 Å². The van der Waals surface area contributed by atoms with E-state index in [4.69, 9.17) is 10.3 Å². The smallest absolute Gasteiger partial charge is 0.258 e. The molecule has 94 valence electrons. The molecule has 0 unspecified atom stereocenters. The molecule has 6 heteroatoms. The number of nitrogens with two attached hydrogens (primary N) is 1. The Kier molecular flexibility index (Phi) is 2.68. The zero-order valence-corrected chi connectivity index (χ0v) is 10.2. The number of aryl methyl sites for hydroxylation is 1. The molecule has 3 rings (SSSR count). The summed E-state index contributed by atoms with van der Waals surface area (Å²) in [5.41, 5.74) is 8.06. The molecule has 0 aliphatic rings. The lowest BCUT2D eigenvalue weighted by Gasteiger charge is -1.97. The Morgan fingerprint density at radius 2 is 2.05 bits per heavy atom. The molecule has 0 saturated heterocycles. The van der Waals surface area contributed by atoms with Crippen LogP contribution in [0.4, 0.5) is 5.82 Å². The van der Waals surface area contributed by atoms with Gasteiger partial charge in [0.25, 0.3) is 5.89 Å². The van der Waals surface area contributed by atoms with E-state index in [0.29, 0.717) is 23.2 Å². The molecule has 0 aliphatic heterocycles. The van der Waals surface area contributed by atoms with Crippen LogP contribution in [0.1, 0.15) is 5.56 Å². The fourth-order valence-corrected chi connectivity index (χ4v) is 1.74. The van der Waals surface area contributed by atoms with Gasteiger partial charge in [-0.1, -0.05) is 11.2 Å². The van der Waals surface area contributed by atoms with E-state index >= 15 is 0 Å². The second-order valence-corrected chi connectivity index (χ2v) is 4.06. The summed E-state index contributed by atoms with van der Waals surface area (Å²) in [6.45, 7) is 1.95. The molecule has 19 heavy (non-hydrogen) atoms. The van der Waals surface area contributed by atoms with Crippen LogP contribution < -0.4 is 5.73 Å². The summed E-state index contributed by atoms with van der Waals surface area (Å²) in [6, 6.07) is 7.26. The van der Waals surface area contributed by atoms with Crippen LogP contribution >= 0.6 is 0 Å². The topological polar surface area (TPSA) is 90.7 Å². The third-order valence-corrected chi connectivity index (χ3v) is 2.68. The number of nitrogen functional groups attached to an aromatic ring is 1. The standard InChI is InChI=1S/C13H11N5O/c1-8-3-2-5-16-11(8)12-17-13(19-18-12)9-4-6-15-10(14)7-9/h2-7H,1H3,(H2,14,15). The fraction of sp³-hybridized carbons (Fsp3) is 0.0769. The zero-order chi connectivity index (χ0) is 13.2. The first kappa shape index (κ1) is 11.3. The van der Waals surface area contributed by atoms with Crippen LogP contribution in [-0.4, -0.2) is 20.1 Å². The van der Waals surface area contributed by atoms with Crippen molar-refractivity contribution in [3.05, 3.63) is 42.2 Å². The summed E-state index contributed by atoms with van der Waals surface area (Å²) in [5, 5.41) is 3.94. The van der Waals surface area contributed by atoms with E-state index in [1.54, 1.807) is 24.5 Å². The first-order valence-corrected chi connectivity index (χ1v) is 5.71. The quantitative estimate of drug-likeness (QED) is 0.751. The van der Waals surface area contributed by atoms with E-state index in [0.717, 1.165) is 11.1 Å². The van der Waals surface area contributed by atoms with Gasteiger partial charge in [0.2, 0.25) is 5.82 Å². The number of aromatic nitrogens is 4. The summed E-state index contributed by atoms with van der Waals surface area (Å²) in [5.74, 6) is 1.27. The van der Waals surface area contributed by atoms with E-state index < -0.39 is 0 Å². The molecule has 3 aromatic heterocycles. The van der Waals surface area contributed by atoms with Crippen molar-refractivity contribution >= 4 is 5.82 Å². The minimum atomic E-state index is 0.397. The Morgan fingerprint density at radius 3 is 2.84 bits per heavy atom. The maximum absolute atomic E-state index is 5.62. The molecule has 0 saturated carbocycles. The van der Waals surface area contributed by atoms with Crippen LogP contribution in [0.25, 0.3) is 23.0 Å². The maximum Gasteiger partial charge on any atom is 0.258 e. The van der Waals surface area contributed by atoms with Crippen molar-refractivity contribution < 1.29 is 4.52 Å². The van der Waals surface area contributed by atoms with Crippen LogP contribution in [0.2, 0.25) is 0 Å².